The van der Waals surface area contributed by atoms with Gasteiger partial charge in [-0.05, 0) is 37.5 Å². The number of carbonyl (C=O) groups is 5. The highest BCUT2D eigenvalue weighted by molar-refractivity contribution is 7.17. The predicted octanol–water partition coefficient (Wildman–Crippen LogP) is 2.36. The van der Waals surface area contributed by atoms with E-state index in [1.807, 2.05) is 0 Å². The number of anilines is 1. The Kier molecular flexibility index (Phi) is 5.55. The van der Waals surface area contributed by atoms with E-state index in [4.69, 9.17) is 9.47 Å². The third-order valence-corrected chi connectivity index (χ3v) is 6.92. The van der Waals surface area contributed by atoms with Gasteiger partial charge in [-0.1, -0.05) is 12.1 Å². The Labute approximate surface area is 187 Å². The molecule has 2 aliphatic rings. The number of aryl methyl sites for hydroxylation is 1. The Hall–Kier alpha value is -3.53. The summed E-state index contributed by atoms with van der Waals surface area (Å²) in [4.78, 5) is 64.8. The molecule has 32 heavy (non-hydrogen) atoms. The van der Waals surface area contributed by atoms with Gasteiger partial charge in [0.1, 0.15) is 11.0 Å². The second-order valence-corrected chi connectivity index (χ2v) is 8.55. The number of hydrogen-bond acceptors (Lipinski definition) is 8. The van der Waals surface area contributed by atoms with Crippen molar-refractivity contribution in [2.24, 2.45) is 0 Å². The van der Waals surface area contributed by atoms with Gasteiger partial charge in [0.15, 0.2) is 0 Å². The number of benzene rings is 1. The first-order valence-electron chi connectivity index (χ1n) is 9.89. The summed E-state index contributed by atoms with van der Waals surface area (Å²) in [5, 5.41) is 2.87. The summed E-state index contributed by atoms with van der Waals surface area (Å²) in [5.74, 6) is -3.54. The van der Waals surface area contributed by atoms with Gasteiger partial charge in [-0.3, -0.25) is 24.1 Å². The average molecular weight is 456 g/mol. The van der Waals surface area contributed by atoms with E-state index in [0.29, 0.717) is 18.4 Å². The molecule has 2 aromatic rings. The van der Waals surface area contributed by atoms with Crippen LogP contribution in [0.5, 0.6) is 0 Å². The van der Waals surface area contributed by atoms with Gasteiger partial charge in [0.25, 0.3) is 11.8 Å². The van der Waals surface area contributed by atoms with Crippen LogP contribution in [0.2, 0.25) is 0 Å². The first-order valence-corrected chi connectivity index (χ1v) is 10.7. The molecule has 2 unspecified atom stereocenters. The van der Waals surface area contributed by atoms with Crippen LogP contribution in [0.3, 0.4) is 0 Å². The molecular formula is C22H20N2O7S. The molecule has 2 heterocycles. The SMILES string of the molecule is COC(=O)c1c(NC(=O)C(C)N2C(=O)c3ccccc3C2=O)sc2c1C(C(=O)OC)CC2. The van der Waals surface area contributed by atoms with Crippen LogP contribution in [0, 0.1) is 0 Å². The predicted molar refractivity (Wildman–Crippen MR) is 114 cm³/mol. The van der Waals surface area contributed by atoms with Gasteiger partial charge >= 0.3 is 11.9 Å². The van der Waals surface area contributed by atoms with Gasteiger partial charge in [0.05, 0.1) is 36.8 Å². The second kappa shape index (κ2) is 8.19. The van der Waals surface area contributed by atoms with Crippen LogP contribution in [0.25, 0.3) is 0 Å². The van der Waals surface area contributed by atoms with Crippen molar-refractivity contribution in [1.82, 2.24) is 4.90 Å². The summed E-state index contributed by atoms with van der Waals surface area (Å²) < 4.78 is 9.74. The zero-order chi connectivity index (χ0) is 23.2. The maximum absolute atomic E-state index is 13.0. The van der Waals surface area contributed by atoms with E-state index in [9.17, 15) is 24.0 Å². The highest BCUT2D eigenvalue weighted by Gasteiger charge is 2.42. The number of carbonyl (C=O) groups excluding carboxylic acids is 5. The van der Waals surface area contributed by atoms with Crippen molar-refractivity contribution < 1.29 is 33.4 Å². The van der Waals surface area contributed by atoms with Crippen LogP contribution < -0.4 is 5.32 Å². The smallest absolute Gasteiger partial charge is 0.341 e. The van der Waals surface area contributed by atoms with Crippen molar-refractivity contribution in [3.8, 4) is 0 Å². The maximum Gasteiger partial charge on any atom is 0.341 e. The minimum Gasteiger partial charge on any atom is -0.469 e. The Morgan fingerprint density at radius 2 is 1.72 bits per heavy atom. The molecule has 1 aliphatic carbocycles. The molecular weight excluding hydrogens is 436 g/mol. The minimum absolute atomic E-state index is 0.100. The van der Waals surface area contributed by atoms with Crippen LogP contribution in [0.4, 0.5) is 5.00 Å². The molecule has 1 aromatic heterocycles. The van der Waals surface area contributed by atoms with Crippen molar-refractivity contribution >= 4 is 46.0 Å². The molecule has 0 spiro atoms. The van der Waals surface area contributed by atoms with Gasteiger partial charge < -0.3 is 14.8 Å². The van der Waals surface area contributed by atoms with Crippen LogP contribution in [-0.4, -0.2) is 54.8 Å². The lowest BCUT2D eigenvalue weighted by atomic mass is 9.99. The zero-order valence-electron chi connectivity index (χ0n) is 17.6. The molecule has 10 heteroatoms. The van der Waals surface area contributed by atoms with Gasteiger partial charge in [-0.25, -0.2) is 4.79 Å². The number of nitrogens with zero attached hydrogens (tertiary/aromatic N) is 1. The molecule has 4 rings (SSSR count). The molecule has 0 radical (unpaired) electrons. The molecule has 0 bridgehead atoms. The van der Waals surface area contributed by atoms with E-state index in [-0.39, 0.29) is 21.7 Å². The van der Waals surface area contributed by atoms with Crippen molar-refractivity contribution in [3.05, 3.63) is 51.4 Å². The lowest BCUT2D eigenvalue weighted by Crippen LogP contribution is -2.45. The van der Waals surface area contributed by atoms with Crippen LogP contribution >= 0.6 is 11.3 Å². The van der Waals surface area contributed by atoms with Crippen LogP contribution in [0.1, 0.15) is 60.8 Å². The van der Waals surface area contributed by atoms with Crippen LogP contribution in [0.15, 0.2) is 24.3 Å². The van der Waals surface area contributed by atoms with Gasteiger partial charge in [0.2, 0.25) is 5.91 Å². The molecule has 166 valence electrons. The van der Waals surface area contributed by atoms with Gasteiger partial charge in [-0.2, -0.15) is 0 Å². The molecule has 0 saturated heterocycles. The highest BCUT2D eigenvalue weighted by atomic mass is 32.1. The summed E-state index contributed by atoms with van der Waals surface area (Å²) in [6.07, 6.45) is 1.05. The summed E-state index contributed by atoms with van der Waals surface area (Å²) in [7, 11) is 2.48. The molecule has 9 nitrogen and oxygen atoms in total. The number of thiophene rings is 1. The number of amides is 3. The van der Waals surface area contributed by atoms with E-state index in [0.717, 1.165) is 9.78 Å². The minimum atomic E-state index is -1.12. The van der Waals surface area contributed by atoms with Crippen molar-refractivity contribution in [2.45, 2.75) is 31.7 Å². The largest absolute Gasteiger partial charge is 0.469 e. The molecule has 1 aliphatic heterocycles. The van der Waals surface area contributed by atoms with Crippen LogP contribution in [-0.2, 0) is 25.5 Å². The number of methoxy groups -OCH3 is 2. The summed E-state index contributed by atoms with van der Waals surface area (Å²) in [6.45, 7) is 1.44. The standard InChI is InChI=1S/C22H20N2O7S/c1-10(24-19(26)11-6-4-5-7-12(11)20(24)27)17(25)23-18-16(22(29)31-3)15-13(21(28)30-2)8-9-14(15)32-18/h4-7,10,13H,8-9H2,1-3H3,(H,23,25). The first kappa shape index (κ1) is 21.7. The Bertz CT molecular complexity index is 1130. The molecule has 3 amide bonds. The normalized spacial score (nSPS) is 17.6. The monoisotopic (exact) mass is 456 g/mol. The average Bonchev–Trinajstić information content (AvgIpc) is 3.43. The second-order valence-electron chi connectivity index (χ2n) is 7.44. The Morgan fingerprint density at radius 3 is 2.28 bits per heavy atom. The van der Waals surface area contributed by atoms with Crippen molar-refractivity contribution in [3.63, 3.8) is 0 Å². The topological polar surface area (TPSA) is 119 Å². The van der Waals surface area contributed by atoms with E-state index < -0.39 is 41.6 Å². The summed E-state index contributed by atoms with van der Waals surface area (Å²) >= 11 is 1.17. The first-order chi connectivity index (χ1) is 15.3. The lowest BCUT2D eigenvalue weighted by molar-refractivity contribution is -0.142. The number of ether oxygens (including phenoxy) is 2. The summed E-state index contributed by atoms with van der Waals surface area (Å²) in [6, 6.07) is 5.23. The molecule has 1 aromatic carbocycles. The summed E-state index contributed by atoms with van der Waals surface area (Å²) in [5.41, 5.74) is 1.08. The van der Waals surface area contributed by atoms with E-state index in [1.54, 1.807) is 12.1 Å². The van der Waals surface area contributed by atoms with Crippen molar-refractivity contribution in [1.29, 1.82) is 0 Å². The molecule has 0 fully saturated rings. The third kappa shape index (κ3) is 3.27. The van der Waals surface area contributed by atoms with E-state index in [1.165, 1.54) is 44.6 Å². The fourth-order valence-corrected chi connectivity index (χ4v) is 5.40. The molecule has 2 atom stereocenters. The number of esters is 2. The number of nitrogens with one attached hydrogen (secondary N) is 1. The third-order valence-electron chi connectivity index (χ3n) is 5.73. The Morgan fingerprint density at radius 1 is 1.09 bits per heavy atom. The maximum atomic E-state index is 13.0. The number of fused-ring (bicyclic) bond motifs is 2. The highest BCUT2D eigenvalue weighted by Crippen LogP contribution is 2.46. The molecule has 0 saturated carbocycles. The number of rotatable bonds is 5. The van der Waals surface area contributed by atoms with Gasteiger partial charge in [-0.15, -0.1) is 11.3 Å². The lowest BCUT2D eigenvalue weighted by Gasteiger charge is -2.21. The number of imide groups is 1. The fraction of sp³-hybridized carbons (Fsp3) is 0.318. The Balaban J connectivity index is 1.63. The zero-order valence-corrected chi connectivity index (χ0v) is 18.4. The fourth-order valence-electron chi connectivity index (χ4n) is 4.13. The van der Waals surface area contributed by atoms with Gasteiger partial charge in [0, 0.05) is 4.88 Å². The van der Waals surface area contributed by atoms with E-state index in [2.05, 4.69) is 5.32 Å². The number of hydrogen-bond donors (Lipinski definition) is 1. The quantitative estimate of drug-likeness (QED) is 0.542. The van der Waals surface area contributed by atoms with E-state index >= 15 is 0 Å². The van der Waals surface area contributed by atoms with Crippen molar-refractivity contribution in [2.75, 3.05) is 19.5 Å². The molecule has 1 N–H and O–H groups in total.